The van der Waals surface area contributed by atoms with Crippen molar-refractivity contribution in [3.63, 3.8) is 0 Å². The Morgan fingerprint density at radius 2 is 1.76 bits per heavy atom. The number of pyridine rings is 1. The summed E-state index contributed by atoms with van der Waals surface area (Å²) in [5.74, 6) is 0.955. The molecule has 4 aromatic rings. The summed E-state index contributed by atoms with van der Waals surface area (Å²) >= 11 is 13.1. The van der Waals surface area contributed by atoms with Gasteiger partial charge in [-0.3, -0.25) is 18.9 Å². The van der Waals surface area contributed by atoms with Crippen molar-refractivity contribution in [3.05, 3.63) is 115 Å². The van der Waals surface area contributed by atoms with Crippen molar-refractivity contribution in [2.24, 2.45) is 5.92 Å². The minimum Gasteiger partial charge on any atom is -0.356 e. The van der Waals surface area contributed by atoms with Crippen LogP contribution in [0.3, 0.4) is 0 Å². The maximum atomic E-state index is 13.9. The maximum absolute atomic E-state index is 13.9. The average molecular weight is 601 g/mol. The first kappa shape index (κ1) is 27.7. The van der Waals surface area contributed by atoms with Crippen molar-refractivity contribution in [2.75, 3.05) is 18.0 Å². The number of thioether (sulfide) groups is 1. The van der Waals surface area contributed by atoms with Crippen LogP contribution in [0.5, 0.6) is 0 Å². The molecule has 2 aromatic carbocycles. The molecule has 2 fully saturated rings. The zero-order chi connectivity index (χ0) is 28.5. The Kier molecular flexibility index (Phi) is 7.97. The lowest BCUT2D eigenvalue weighted by molar-refractivity contribution is -0.122. The number of aromatic nitrogens is 2. The standard InChI is InChI=1S/C32H29ClN4O2S2/c1-21-11-12-28-34-29(35-15-13-23(14-16-35)17-22-7-3-2-4-8-22)25(30(38)36(28)19-21)18-27-31(39)37(32(40)41-27)20-24-9-5-6-10-26(24)33/h2-12,18-19,23H,13-17,20H2,1H3. The van der Waals surface area contributed by atoms with Crippen molar-refractivity contribution in [1.82, 2.24) is 14.3 Å². The fourth-order valence-corrected chi connectivity index (χ4v) is 6.91. The van der Waals surface area contributed by atoms with E-state index in [1.54, 1.807) is 22.7 Å². The van der Waals surface area contributed by atoms with Crippen LogP contribution in [0.2, 0.25) is 5.02 Å². The highest BCUT2D eigenvalue weighted by Gasteiger charge is 2.33. The van der Waals surface area contributed by atoms with Gasteiger partial charge in [0.25, 0.3) is 11.5 Å². The second-order valence-electron chi connectivity index (χ2n) is 10.6. The van der Waals surface area contributed by atoms with Crippen molar-refractivity contribution < 1.29 is 4.79 Å². The molecular weight excluding hydrogens is 572 g/mol. The Labute approximate surface area is 253 Å². The smallest absolute Gasteiger partial charge is 0.267 e. The predicted molar refractivity (Wildman–Crippen MR) is 171 cm³/mol. The number of fused-ring (bicyclic) bond motifs is 1. The number of anilines is 1. The van der Waals surface area contributed by atoms with Crippen LogP contribution in [0, 0.1) is 12.8 Å². The Morgan fingerprint density at radius 1 is 1.02 bits per heavy atom. The highest BCUT2D eigenvalue weighted by Crippen LogP contribution is 2.36. The first-order valence-corrected chi connectivity index (χ1v) is 15.3. The zero-order valence-corrected chi connectivity index (χ0v) is 25.0. The van der Waals surface area contributed by atoms with Gasteiger partial charge in [0.05, 0.1) is 17.0 Å². The molecule has 0 radical (unpaired) electrons. The number of carbonyl (C=O) groups excluding carboxylic acids is 1. The number of halogens is 1. The van der Waals surface area contributed by atoms with Gasteiger partial charge in [-0.2, -0.15) is 0 Å². The number of rotatable bonds is 6. The third-order valence-electron chi connectivity index (χ3n) is 7.70. The normalized spacial score (nSPS) is 17.3. The molecule has 2 aliphatic rings. The summed E-state index contributed by atoms with van der Waals surface area (Å²) in [5, 5.41) is 0.579. The Hall–Kier alpha value is -3.46. The Morgan fingerprint density at radius 3 is 2.51 bits per heavy atom. The maximum Gasteiger partial charge on any atom is 0.267 e. The molecule has 6 rings (SSSR count). The van der Waals surface area contributed by atoms with E-state index in [2.05, 4.69) is 29.2 Å². The number of carbonyl (C=O) groups is 1. The van der Waals surface area contributed by atoms with Gasteiger partial charge in [-0.05, 0) is 67.0 Å². The first-order chi connectivity index (χ1) is 19.9. The van der Waals surface area contributed by atoms with Crippen molar-refractivity contribution in [3.8, 4) is 0 Å². The van der Waals surface area contributed by atoms with Crippen molar-refractivity contribution in [2.45, 2.75) is 32.7 Å². The molecule has 9 heteroatoms. The molecule has 208 valence electrons. The van der Waals surface area contributed by atoms with Gasteiger partial charge in [-0.1, -0.05) is 90.2 Å². The number of thiocarbonyl (C=S) groups is 1. The van der Waals surface area contributed by atoms with E-state index in [-0.39, 0.29) is 18.0 Å². The number of piperidine rings is 1. The van der Waals surface area contributed by atoms with Gasteiger partial charge in [0.2, 0.25) is 0 Å². The monoisotopic (exact) mass is 600 g/mol. The predicted octanol–water partition coefficient (Wildman–Crippen LogP) is 6.52. The van der Waals surface area contributed by atoms with Crippen molar-refractivity contribution >= 4 is 63.3 Å². The number of aryl methyl sites for hydroxylation is 1. The van der Waals surface area contributed by atoms with Crippen LogP contribution >= 0.6 is 35.6 Å². The van der Waals surface area contributed by atoms with Crippen molar-refractivity contribution in [1.29, 1.82) is 0 Å². The van der Waals surface area contributed by atoms with Gasteiger partial charge in [0.15, 0.2) is 0 Å². The molecule has 4 heterocycles. The highest BCUT2D eigenvalue weighted by atomic mass is 35.5. The molecule has 0 spiro atoms. The highest BCUT2D eigenvalue weighted by molar-refractivity contribution is 8.26. The molecule has 1 amide bonds. The molecule has 2 saturated heterocycles. The molecule has 0 N–H and O–H groups in total. The summed E-state index contributed by atoms with van der Waals surface area (Å²) in [4.78, 5) is 36.5. The van der Waals surface area contributed by atoms with Gasteiger partial charge in [-0.15, -0.1) is 0 Å². The van der Waals surface area contributed by atoms with E-state index < -0.39 is 0 Å². The summed E-state index contributed by atoms with van der Waals surface area (Å²) in [6.07, 6.45) is 6.52. The van der Waals surface area contributed by atoms with Crippen LogP contribution < -0.4 is 10.5 Å². The van der Waals surface area contributed by atoms with E-state index in [1.807, 2.05) is 43.3 Å². The van der Waals surface area contributed by atoms with Crippen LogP contribution in [-0.4, -0.2) is 37.6 Å². The van der Waals surface area contributed by atoms with E-state index in [0.29, 0.717) is 37.2 Å². The lowest BCUT2D eigenvalue weighted by Crippen LogP contribution is -2.37. The third-order valence-corrected chi connectivity index (χ3v) is 9.45. The quantitative estimate of drug-likeness (QED) is 0.186. The summed E-state index contributed by atoms with van der Waals surface area (Å²) in [6.45, 7) is 3.80. The molecule has 41 heavy (non-hydrogen) atoms. The van der Waals surface area contributed by atoms with Crippen LogP contribution in [0.1, 0.15) is 35.1 Å². The van der Waals surface area contributed by atoms with Crippen LogP contribution in [-0.2, 0) is 17.8 Å². The third kappa shape index (κ3) is 5.82. The minimum absolute atomic E-state index is 0.198. The summed E-state index contributed by atoms with van der Waals surface area (Å²) in [7, 11) is 0. The SMILES string of the molecule is Cc1ccc2nc(N3CCC(Cc4ccccc4)CC3)c(C=C3SC(=S)N(Cc4ccccc4Cl)C3=O)c(=O)n2c1. The lowest BCUT2D eigenvalue weighted by atomic mass is 9.90. The molecule has 0 atom stereocenters. The molecule has 2 aliphatic heterocycles. The Bertz CT molecular complexity index is 1730. The zero-order valence-electron chi connectivity index (χ0n) is 22.6. The first-order valence-electron chi connectivity index (χ1n) is 13.7. The lowest BCUT2D eigenvalue weighted by Gasteiger charge is -2.33. The van der Waals surface area contributed by atoms with E-state index in [9.17, 15) is 9.59 Å². The minimum atomic E-state index is -0.235. The topological polar surface area (TPSA) is 57.9 Å². The van der Waals surface area contributed by atoms with Gasteiger partial charge >= 0.3 is 0 Å². The Balaban J connectivity index is 1.32. The van der Waals surface area contributed by atoms with E-state index in [0.717, 1.165) is 43.5 Å². The second-order valence-corrected chi connectivity index (χ2v) is 12.7. The second kappa shape index (κ2) is 11.8. The molecule has 0 unspecified atom stereocenters. The number of hydrogen-bond donors (Lipinski definition) is 0. The van der Waals surface area contributed by atoms with E-state index in [1.165, 1.54) is 22.2 Å². The fourth-order valence-electron chi connectivity index (χ4n) is 5.48. The summed E-state index contributed by atoms with van der Waals surface area (Å²) in [6, 6.07) is 21.8. The van der Waals surface area contributed by atoms with E-state index >= 15 is 0 Å². The number of nitrogens with zero attached hydrogens (tertiary/aromatic N) is 4. The summed E-state index contributed by atoms with van der Waals surface area (Å²) < 4.78 is 2.01. The largest absolute Gasteiger partial charge is 0.356 e. The van der Waals surface area contributed by atoms with Crippen LogP contribution in [0.4, 0.5) is 5.82 Å². The summed E-state index contributed by atoms with van der Waals surface area (Å²) in [5.41, 5.74) is 3.92. The van der Waals surface area contributed by atoms with Gasteiger partial charge in [-0.25, -0.2) is 4.98 Å². The van der Waals surface area contributed by atoms with Crippen LogP contribution in [0.25, 0.3) is 11.7 Å². The average Bonchev–Trinajstić information content (AvgIpc) is 3.24. The van der Waals surface area contributed by atoms with E-state index in [4.69, 9.17) is 28.8 Å². The molecule has 0 bridgehead atoms. The van der Waals surface area contributed by atoms with Gasteiger partial charge in [0, 0.05) is 24.3 Å². The van der Waals surface area contributed by atoms with Crippen LogP contribution in [0.15, 0.2) is 82.6 Å². The molecule has 0 aliphatic carbocycles. The molecule has 2 aromatic heterocycles. The number of benzene rings is 2. The number of hydrogen-bond acceptors (Lipinski definition) is 6. The fraction of sp³-hybridized carbons (Fsp3) is 0.250. The molecule has 6 nitrogen and oxygen atoms in total. The molecular formula is C32H29ClN4O2S2. The van der Waals surface area contributed by atoms with Gasteiger partial charge < -0.3 is 4.90 Å². The van der Waals surface area contributed by atoms with Gasteiger partial charge in [0.1, 0.15) is 15.8 Å². The number of amides is 1. The molecule has 0 saturated carbocycles.